The molecule has 3 atom stereocenters. The normalized spacial score (nSPS) is 16.7. The van der Waals surface area contributed by atoms with Crippen LogP contribution in [0, 0.1) is 11.3 Å². The van der Waals surface area contributed by atoms with Crippen molar-refractivity contribution in [3.05, 3.63) is 93.0 Å². The van der Waals surface area contributed by atoms with Gasteiger partial charge in [-0.1, -0.05) is 71.7 Å². The molecule has 0 saturated carbocycles. The van der Waals surface area contributed by atoms with Crippen molar-refractivity contribution in [2.75, 3.05) is 26.8 Å². The molecule has 0 unspecified atom stereocenters. The Morgan fingerprint density at radius 3 is 2.56 bits per heavy atom. The smallest absolute Gasteiger partial charge is 0.306 e. The Hall–Kier alpha value is -4.90. The molecule has 282 valence electrons. The third-order valence-corrected chi connectivity index (χ3v) is 10.2. The fourth-order valence-electron chi connectivity index (χ4n) is 6.94. The number of aliphatic hydroxyl groups excluding tert-OH is 1. The van der Waals surface area contributed by atoms with E-state index in [0.717, 1.165) is 51.8 Å². The van der Waals surface area contributed by atoms with Crippen LogP contribution in [0.3, 0.4) is 0 Å². The second-order valence-electron chi connectivity index (χ2n) is 13.2. The van der Waals surface area contributed by atoms with Crippen molar-refractivity contribution in [3.63, 3.8) is 0 Å². The van der Waals surface area contributed by atoms with Gasteiger partial charge >= 0.3 is 5.97 Å². The van der Waals surface area contributed by atoms with Gasteiger partial charge in [-0.25, -0.2) is 0 Å². The van der Waals surface area contributed by atoms with Crippen molar-refractivity contribution in [1.29, 1.82) is 5.26 Å². The third-order valence-electron chi connectivity index (χ3n) is 9.50. The van der Waals surface area contributed by atoms with E-state index in [2.05, 4.69) is 33.1 Å². The average molecular weight is 775 g/mol. The number of hydrogen-bond donors (Lipinski definition) is 5. The molecule has 1 aliphatic carbocycles. The molecular weight excluding hydrogens is 733 g/mol. The first-order valence-corrected chi connectivity index (χ1v) is 18.4. The van der Waals surface area contributed by atoms with Crippen molar-refractivity contribution in [2.45, 2.75) is 63.4 Å². The topological polar surface area (TPSA) is 175 Å². The lowest BCUT2D eigenvalue weighted by molar-refractivity contribution is -0.139. The van der Waals surface area contributed by atoms with Gasteiger partial charge in [0, 0.05) is 60.9 Å². The summed E-state index contributed by atoms with van der Waals surface area (Å²) in [7, 11) is 1.49. The van der Waals surface area contributed by atoms with Gasteiger partial charge in [0.05, 0.1) is 24.7 Å². The fourth-order valence-corrected chi connectivity index (χ4v) is 7.50. The molecule has 0 bridgehead atoms. The summed E-state index contributed by atoms with van der Waals surface area (Å²) in [6.45, 7) is 1.37. The van der Waals surface area contributed by atoms with Gasteiger partial charge in [0.2, 0.25) is 17.7 Å². The van der Waals surface area contributed by atoms with Crippen LogP contribution >= 0.6 is 23.2 Å². The van der Waals surface area contributed by atoms with E-state index in [4.69, 9.17) is 42.5 Å². The molecule has 14 heteroatoms. The minimum atomic E-state index is -1.08. The highest BCUT2D eigenvalue weighted by molar-refractivity contribution is 6.36. The number of carbonyl (C=O) groups is 2. The molecular formula is C40H41Cl2N5O7. The van der Waals surface area contributed by atoms with E-state index in [1.807, 2.05) is 48.5 Å². The number of methoxy groups -OCH3 is 1. The molecule has 1 saturated heterocycles. The fraction of sp³-hybridized carbons (Fsp3) is 0.350. The van der Waals surface area contributed by atoms with Crippen LogP contribution in [0.25, 0.3) is 22.3 Å². The number of nitrogens with zero attached hydrogens (tertiary/aromatic N) is 2. The lowest BCUT2D eigenvalue weighted by Gasteiger charge is -2.19. The third kappa shape index (κ3) is 9.24. The Morgan fingerprint density at radius 1 is 1.02 bits per heavy atom. The van der Waals surface area contributed by atoms with Gasteiger partial charge in [0.1, 0.15) is 22.9 Å². The van der Waals surface area contributed by atoms with Crippen LogP contribution in [0.1, 0.15) is 54.0 Å². The molecule has 54 heavy (non-hydrogen) atoms. The highest BCUT2D eigenvalue weighted by Crippen LogP contribution is 2.45. The van der Waals surface area contributed by atoms with Crippen molar-refractivity contribution >= 4 is 35.1 Å². The predicted molar refractivity (Wildman–Crippen MR) is 204 cm³/mol. The van der Waals surface area contributed by atoms with E-state index in [1.165, 1.54) is 7.11 Å². The van der Waals surface area contributed by atoms with Crippen LogP contribution in [-0.2, 0) is 29.1 Å². The van der Waals surface area contributed by atoms with Crippen LogP contribution in [0.5, 0.6) is 17.5 Å². The number of aliphatic hydroxyl groups is 1. The van der Waals surface area contributed by atoms with E-state index < -0.39 is 12.1 Å². The number of halogens is 2. The molecule has 1 aliphatic heterocycles. The molecule has 4 aromatic rings. The SMILES string of the molecule is COc1nc(O[C@H]2CCc3c(-c4cccc(-c5ccc(CNC[C@@H]6CCC(=O)N6)c(OCC#N)c5)c4Cl)cccc32)c(Cl)cc1CNC[C@@H](O)CC(=O)O. The number of pyridine rings is 1. The first kappa shape index (κ1) is 38.8. The molecule has 2 heterocycles. The summed E-state index contributed by atoms with van der Waals surface area (Å²) in [5.74, 6) is 0.105. The monoisotopic (exact) mass is 773 g/mol. The number of fused-ring (bicyclic) bond motifs is 1. The molecule has 2 aliphatic rings. The number of carboxylic acid groups (broad SMARTS) is 1. The Bertz CT molecular complexity index is 2060. The molecule has 0 spiro atoms. The highest BCUT2D eigenvalue weighted by Gasteiger charge is 2.29. The summed E-state index contributed by atoms with van der Waals surface area (Å²) >= 11 is 13.8. The Morgan fingerprint density at radius 2 is 1.80 bits per heavy atom. The number of rotatable bonds is 17. The van der Waals surface area contributed by atoms with Gasteiger partial charge in [-0.05, 0) is 53.6 Å². The lowest BCUT2D eigenvalue weighted by atomic mass is 9.93. The summed E-state index contributed by atoms with van der Waals surface area (Å²) in [6.07, 6.45) is 1.06. The van der Waals surface area contributed by atoms with E-state index in [-0.39, 0.29) is 50.1 Å². The molecule has 12 nitrogen and oxygen atoms in total. The number of nitrogens with one attached hydrogen (secondary N) is 3. The Labute approximate surface area is 323 Å². The molecule has 1 fully saturated rings. The van der Waals surface area contributed by atoms with Crippen LogP contribution in [0.2, 0.25) is 10.0 Å². The summed E-state index contributed by atoms with van der Waals surface area (Å²) in [6, 6.07) is 21.7. The molecule has 0 radical (unpaired) electrons. The van der Waals surface area contributed by atoms with Crippen molar-refractivity contribution in [3.8, 4) is 45.8 Å². The van der Waals surface area contributed by atoms with E-state index in [9.17, 15) is 20.0 Å². The minimum absolute atomic E-state index is 0.0733. The lowest BCUT2D eigenvalue weighted by Crippen LogP contribution is -2.35. The van der Waals surface area contributed by atoms with Gasteiger partial charge in [0.15, 0.2) is 6.61 Å². The van der Waals surface area contributed by atoms with Crippen LogP contribution in [-0.4, -0.2) is 66.0 Å². The van der Waals surface area contributed by atoms with Crippen LogP contribution < -0.4 is 30.2 Å². The molecule has 1 amide bonds. The van der Waals surface area contributed by atoms with Crippen molar-refractivity contribution in [1.82, 2.24) is 20.9 Å². The van der Waals surface area contributed by atoms with E-state index >= 15 is 0 Å². The highest BCUT2D eigenvalue weighted by atomic mass is 35.5. The summed E-state index contributed by atoms with van der Waals surface area (Å²) in [4.78, 5) is 27.0. The molecule has 5 N–H and O–H groups in total. The van der Waals surface area contributed by atoms with Crippen LogP contribution in [0.4, 0.5) is 0 Å². The number of benzene rings is 3. The molecule has 1 aromatic heterocycles. The predicted octanol–water partition coefficient (Wildman–Crippen LogP) is 5.99. The zero-order chi connectivity index (χ0) is 38.2. The number of carboxylic acids is 1. The number of carbonyl (C=O) groups excluding carboxylic acids is 1. The number of aromatic nitrogens is 1. The number of nitriles is 1. The summed E-state index contributed by atoms with van der Waals surface area (Å²) < 4.78 is 17.8. The van der Waals surface area contributed by atoms with Gasteiger partial charge in [-0.2, -0.15) is 10.2 Å². The maximum atomic E-state index is 11.6. The van der Waals surface area contributed by atoms with Gasteiger partial charge in [0.25, 0.3) is 0 Å². The zero-order valence-corrected chi connectivity index (χ0v) is 31.2. The van der Waals surface area contributed by atoms with Gasteiger partial charge < -0.3 is 40.4 Å². The van der Waals surface area contributed by atoms with E-state index in [0.29, 0.717) is 53.2 Å². The standard InChI is InChI=1S/C40H41Cl2N5O7/c1-52-39-25(20-45-22-27(48)18-37(50)51)16-33(41)40(47-39)54-34-12-11-30-29(5-3-6-31(30)34)32-7-2-4-28(38(32)42)23-8-9-24(35(17-23)53-15-14-43)19-44-21-26-10-13-36(49)46-26/h2-9,16-17,26-27,34,44-45,48H,10-13,15,18-22H2,1H3,(H,46,49)(H,50,51)/t26-,27-,34-/m0/s1. The second-order valence-corrected chi connectivity index (χ2v) is 14.0. The van der Waals surface area contributed by atoms with Gasteiger partial charge in [-0.3, -0.25) is 9.59 Å². The zero-order valence-electron chi connectivity index (χ0n) is 29.7. The van der Waals surface area contributed by atoms with Crippen molar-refractivity contribution < 1.29 is 34.0 Å². The van der Waals surface area contributed by atoms with Crippen molar-refractivity contribution in [2.24, 2.45) is 0 Å². The maximum absolute atomic E-state index is 11.6. The van der Waals surface area contributed by atoms with Crippen LogP contribution in [0.15, 0.2) is 60.7 Å². The average Bonchev–Trinajstić information content (AvgIpc) is 3.77. The minimum Gasteiger partial charge on any atom is -0.481 e. The first-order valence-electron chi connectivity index (χ1n) is 17.7. The molecule has 3 aromatic carbocycles. The Kier molecular flexibility index (Phi) is 12.9. The van der Waals surface area contributed by atoms with E-state index in [1.54, 1.807) is 6.07 Å². The number of hydrogen-bond acceptors (Lipinski definition) is 10. The second kappa shape index (κ2) is 18.0. The number of ether oxygens (including phenoxy) is 3. The molecule has 6 rings (SSSR count). The maximum Gasteiger partial charge on any atom is 0.306 e. The first-order chi connectivity index (χ1) is 26.1. The number of aliphatic carboxylic acids is 1. The largest absolute Gasteiger partial charge is 0.481 e. The number of amides is 1. The summed E-state index contributed by atoms with van der Waals surface area (Å²) in [5, 5.41) is 38.2. The van der Waals surface area contributed by atoms with Gasteiger partial charge in [-0.15, -0.1) is 0 Å². The summed E-state index contributed by atoms with van der Waals surface area (Å²) in [5.41, 5.74) is 7.18. The Balaban J connectivity index is 1.19. The quantitative estimate of drug-likeness (QED) is 0.0852.